The molecule has 0 fully saturated rings. The molecule has 0 saturated carbocycles. The molecule has 2 heteroatoms. The lowest BCUT2D eigenvalue weighted by atomic mass is 10.0. The molecule has 0 aromatic heterocycles. The van der Waals surface area contributed by atoms with Crippen LogP contribution in [-0.4, -0.2) is 11.0 Å². The normalized spacial score (nSPS) is 22.1. The van der Waals surface area contributed by atoms with Gasteiger partial charge in [0.15, 0.2) is 0 Å². The van der Waals surface area contributed by atoms with Gasteiger partial charge in [-0.1, -0.05) is 6.92 Å². The zero-order chi connectivity index (χ0) is 6.78. The van der Waals surface area contributed by atoms with Crippen LogP contribution in [0.5, 0.6) is 0 Å². The third-order valence-corrected chi connectivity index (χ3v) is 2.11. The highest BCUT2D eigenvalue weighted by Crippen LogP contribution is 2.22. The summed E-state index contributed by atoms with van der Waals surface area (Å²) in [7, 11) is 0. The zero-order valence-corrected chi connectivity index (χ0v) is 6.33. The molecule has 49 valence electrons. The summed E-state index contributed by atoms with van der Waals surface area (Å²) in [6.45, 7) is 5.28. The molecule has 8 heavy (non-hydrogen) atoms. The van der Waals surface area contributed by atoms with Crippen LogP contribution in [-0.2, 0) is 5.11 Å². The number of rotatable bonds is 2. The van der Waals surface area contributed by atoms with Crippen LogP contribution in [0.4, 0.5) is 0 Å². The fourth-order valence-corrected chi connectivity index (χ4v) is 0.287. The Morgan fingerprint density at radius 3 is 2.12 bits per heavy atom. The quantitative estimate of drug-likeness (QED) is 0.518. The van der Waals surface area contributed by atoms with Crippen molar-refractivity contribution in [2.75, 3.05) is 0 Å². The van der Waals surface area contributed by atoms with Gasteiger partial charge in [0.2, 0.25) is 0 Å². The van der Waals surface area contributed by atoms with E-state index in [1.165, 1.54) is 0 Å². The van der Waals surface area contributed by atoms with Crippen LogP contribution in [0.2, 0.25) is 0 Å². The number of hydrogen-bond acceptors (Lipinski definition) is 0. The first kappa shape index (κ1) is 8.25. The third kappa shape index (κ3) is 2.01. The van der Waals surface area contributed by atoms with E-state index in [1.54, 1.807) is 13.8 Å². The van der Waals surface area contributed by atoms with E-state index >= 15 is 0 Å². The second-order valence-electron chi connectivity index (χ2n) is 2.27. The zero-order valence-electron chi connectivity index (χ0n) is 5.57. The van der Waals surface area contributed by atoms with Gasteiger partial charge in [-0.05, 0) is 20.3 Å². The van der Waals surface area contributed by atoms with Crippen LogP contribution in [0.25, 0.3) is 0 Å². The second-order valence-corrected chi connectivity index (χ2v) is 3.14. The minimum Gasteiger partial charge on any atom is -0.231 e. The maximum atomic E-state index is 10.6. The lowest BCUT2D eigenvalue weighted by Crippen LogP contribution is -2.28. The number of alkyl halides is 1. The highest BCUT2D eigenvalue weighted by Gasteiger charge is 2.25. The van der Waals surface area contributed by atoms with E-state index in [1.807, 2.05) is 6.92 Å². The van der Waals surface area contributed by atoms with Gasteiger partial charge >= 0.3 is 0 Å². The molecule has 0 aliphatic rings. The first-order valence-electron chi connectivity index (χ1n) is 2.85. The summed E-state index contributed by atoms with van der Waals surface area (Å²) in [6.07, 6.45) is 0.0633. The monoisotopic (exact) mass is 135 g/mol. The Bertz CT molecular complexity index is 68.9. The van der Waals surface area contributed by atoms with Crippen molar-refractivity contribution in [3.05, 3.63) is 0 Å². The Morgan fingerprint density at radius 2 is 2.12 bits per heavy atom. The first-order valence-corrected chi connectivity index (χ1v) is 3.23. The summed E-state index contributed by atoms with van der Waals surface area (Å²) in [6, 6.07) is 0. The van der Waals surface area contributed by atoms with Crippen LogP contribution in [0.1, 0.15) is 27.2 Å². The van der Waals surface area contributed by atoms with E-state index in [-0.39, 0.29) is 0 Å². The fourth-order valence-electron chi connectivity index (χ4n) is 0.287. The molecule has 0 aliphatic carbocycles. The van der Waals surface area contributed by atoms with Crippen LogP contribution in [0.3, 0.4) is 0 Å². The molecular weight excluding hydrogens is 124 g/mol. The summed E-state index contributed by atoms with van der Waals surface area (Å²) >= 11 is 5.74. The summed E-state index contributed by atoms with van der Waals surface area (Å²) in [5, 5.41) is 10.6. The fraction of sp³-hybridized carbons (Fsp3) is 1.00. The standard InChI is InChI=1S/C6H12ClO/c1-4-6(3,7)5(2)8/h5H,4H2,1-3H3. The molecule has 0 amide bonds. The average Bonchev–Trinajstić information content (AvgIpc) is 1.67. The summed E-state index contributed by atoms with van der Waals surface area (Å²) < 4.78 is 0. The largest absolute Gasteiger partial charge is 0.231 e. The van der Waals surface area contributed by atoms with Crippen molar-refractivity contribution in [3.63, 3.8) is 0 Å². The van der Waals surface area contributed by atoms with Crippen molar-refractivity contribution in [2.45, 2.75) is 38.2 Å². The molecule has 0 aromatic carbocycles. The molecule has 2 unspecified atom stereocenters. The third-order valence-electron chi connectivity index (χ3n) is 1.54. The van der Waals surface area contributed by atoms with Crippen molar-refractivity contribution >= 4 is 11.6 Å². The molecule has 0 rings (SSSR count). The van der Waals surface area contributed by atoms with E-state index in [0.29, 0.717) is 0 Å². The molecule has 0 N–H and O–H groups in total. The molecule has 0 spiro atoms. The van der Waals surface area contributed by atoms with Gasteiger partial charge in [0.1, 0.15) is 6.10 Å². The van der Waals surface area contributed by atoms with Crippen molar-refractivity contribution in [1.29, 1.82) is 0 Å². The molecule has 1 nitrogen and oxygen atoms in total. The van der Waals surface area contributed by atoms with Crippen LogP contribution >= 0.6 is 11.6 Å². The minimum absolute atomic E-state index is 0.542. The second kappa shape index (κ2) is 2.70. The van der Waals surface area contributed by atoms with Crippen LogP contribution < -0.4 is 0 Å². The summed E-state index contributed by atoms with van der Waals surface area (Å²) in [5.74, 6) is 0. The van der Waals surface area contributed by atoms with E-state index in [9.17, 15) is 5.11 Å². The van der Waals surface area contributed by atoms with Crippen molar-refractivity contribution in [2.24, 2.45) is 0 Å². The molecule has 0 saturated heterocycles. The molecule has 0 aliphatic heterocycles. The Hall–Kier alpha value is 0.250. The van der Waals surface area contributed by atoms with E-state index in [0.717, 1.165) is 6.42 Å². The van der Waals surface area contributed by atoms with Crippen LogP contribution in [0.15, 0.2) is 0 Å². The SMILES string of the molecule is CCC(C)(Cl)C(C)[O]. The van der Waals surface area contributed by atoms with Gasteiger partial charge in [-0.3, -0.25) is 0 Å². The Labute approximate surface area is 55.7 Å². The van der Waals surface area contributed by atoms with Crippen molar-refractivity contribution in [3.8, 4) is 0 Å². The highest BCUT2D eigenvalue weighted by molar-refractivity contribution is 6.24. The van der Waals surface area contributed by atoms with Gasteiger partial charge < -0.3 is 0 Å². The van der Waals surface area contributed by atoms with E-state index in [2.05, 4.69) is 0 Å². The lowest BCUT2D eigenvalue weighted by Gasteiger charge is -2.20. The summed E-state index contributed by atoms with van der Waals surface area (Å²) in [5.41, 5.74) is 0. The highest BCUT2D eigenvalue weighted by atomic mass is 35.5. The molecule has 1 radical (unpaired) electrons. The smallest absolute Gasteiger partial charge is 0.109 e. The van der Waals surface area contributed by atoms with E-state index in [4.69, 9.17) is 11.6 Å². The molecular formula is C6H12ClO. The minimum atomic E-state index is -0.672. The van der Waals surface area contributed by atoms with Crippen LogP contribution in [0, 0.1) is 0 Å². The Balaban J connectivity index is 3.71. The topological polar surface area (TPSA) is 19.9 Å². The Kier molecular flexibility index (Phi) is 2.78. The molecule has 0 bridgehead atoms. The molecule has 0 heterocycles. The van der Waals surface area contributed by atoms with E-state index < -0.39 is 11.0 Å². The van der Waals surface area contributed by atoms with Gasteiger partial charge in [0, 0.05) is 0 Å². The maximum Gasteiger partial charge on any atom is 0.109 e. The predicted molar refractivity (Wildman–Crippen MR) is 34.7 cm³/mol. The van der Waals surface area contributed by atoms with Crippen molar-refractivity contribution < 1.29 is 5.11 Å². The van der Waals surface area contributed by atoms with Gasteiger partial charge in [-0.25, -0.2) is 5.11 Å². The molecule has 2 atom stereocenters. The average molecular weight is 136 g/mol. The number of hydrogen-bond donors (Lipinski definition) is 0. The number of halogens is 1. The van der Waals surface area contributed by atoms with Gasteiger partial charge in [0.05, 0.1) is 4.87 Å². The Morgan fingerprint density at radius 1 is 1.75 bits per heavy atom. The van der Waals surface area contributed by atoms with Gasteiger partial charge in [-0.2, -0.15) is 0 Å². The van der Waals surface area contributed by atoms with Crippen molar-refractivity contribution in [1.82, 2.24) is 0 Å². The predicted octanol–water partition coefficient (Wildman–Crippen LogP) is 2.21. The van der Waals surface area contributed by atoms with Gasteiger partial charge in [-0.15, -0.1) is 11.6 Å². The maximum absolute atomic E-state index is 10.6. The summed E-state index contributed by atoms with van der Waals surface area (Å²) in [4.78, 5) is -0.542. The lowest BCUT2D eigenvalue weighted by molar-refractivity contribution is 0.0698. The first-order chi connectivity index (χ1) is 3.50. The molecule has 0 aromatic rings. The van der Waals surface area contributed by atoms with Gasteiger partial charge in [0.25, 0.3) is 0 Å².